The Bertz CT molecular complexity index is 644. The Kier molecular flexibility index (Phi) is 17.9. The van der Waals surface area contributed by atoms with Gasteiger partial charge in [-0.2, -0.15) is 0 Å². The van der Waals surface area contributed by atoms with Crippen molar-refractivity contribution in [1.82, 2.24) is 0 Å². The maximum absolute atomic E-state index is 6.09. The second-order valence-electron chi connectivity index (χ2n) is 9.61. The molecule has 0 bridgehead atoms. The lowest BCUT2D eigenvalue weighted by molar-refractivity contribution is -0.0943. The van der Waals surface area contributed by atoms with E-state index in [0.29, 0.717) is 13.2 Å². The molecular weight excluding hydrogens is 392 g/mol. The summed E-state index contributed by atoms with van der Waals surface area (Å²) in [5.41, 5.74) is 8.15. The Hall–Kier alpha value is -1.64. The smallest absolute Gasteiger partial charge is 0.177 e. The third kappa shape index (κ3) is 20.3. The van der Waals surface area contributed by atoms with E-state index in [4.69, 9.17) is 9.47 Å². The lowest BCUT2D eigenvalue weighted by Gasteiger charge is -2.15. The van der Waals surface area contributed by atoms with E-state index < -0.39 is 0 Å². The van der Waals surface area contributed by atoms with Crippen LogP contribution < -0.4 is 0 Å². The number of ether oxygens (including phenoxy) is 2. The molecular formula is C30H50O2. The Morgan fingerprint density at radius 2 is 0.844 bits per heavy atom. The summed E-state index contributed by atoms with van der Waals surface area (Å²) in [4.78, 5) is 0. The summed E-state index contributed by atoms with van der Waals surface area (Å²) in [6.07, 6.45) is 19.5. The quantitative estimate of drug-likeness (QED) is 0.175. The fraction of sp³-hybridized carbons (Fsp3) is 0.600. The first kappa shape index (κ1) is 30.4. The highest BCUT2D eigenvalue weighted by Crippen LogP contribution is 2.13. The minimum atomic E-state index is -0.314. The summed E-state index contributed by atoms with van der Waals surface area (Å²) in [6, 6.07) is 0. The van der Waals surface area contributed by atoms with Gasteiger partial charge in [0.25, 0.3) is 0 Å². The van der Waals surface area contributed by atoms with Gasteiger partial charge in [-0.3, -0.25) is 0 Å². The summed E-state index contributed by atoms with van der Waals surface area (Å²) in [5, 5.41) is 0. The van der Waals surface area contributed by atoms with Gasteiger partial charge in [-0.15, -0.1) is 0 Å². The third-order valence-corrected chi connectivity index (χ3v) is 5.08. The van der Waals surface area contributed by atoms with E-state index in [0.717, 1.165) is 38.5 Å². The monoisotopic (exact) mass is 442 g/mol. The highest BCUT2D eigenvalue weighted by molar-refractivity contribution is 5.06. The van der Waals surface area contributed by atoms with Gasteiger partial charge >= 0.3 is 0 Å². The van der Waals surface area contributed by atoms with Crippen molar-refractivity contribution in [2.45, 2.75) is 107 Å². The molecule has 0 aliphatic heterocycles. The van der Waals surface area contributed by atoms with Crippen molar-refractivity contribution >= 4 is 0 Å². The van der Waals surface area contributed by atoms with Gasteiger partial charge in [0.15, 0.2) is 6.29 Å². The summed E-state index contributed by atoms with van der Waals surface area (Å²) in [7, 11) is 0. The van der Waals surface area contributed by atoms with Gasteiger partial charge in [0.05, 0.1) is 13.2 Å². The van der Waals surface area contributed by atoms with Crippen LogP contribution in [-0.4, -0.2) is 19.5 Å². The van der Waals surface area contributed by atoms with Crippen LogP contribution in [0.4, 0.5) is 0 Å². The molecule has 0 aromatic rings. The fourth-order valence-corrected chi connectivity index (χ4v) is 3.00. The van der Waals surface area contributed by atoms with Gasteiger partial charge in [-0.1, -0.05) is 63.8 Å². The van der Waals surface area contributed by atoms with Crippen LogP contribution in [0.2, 0.25) is 0 Å². The molecule has 0 heterocycles. The van der Waals surface area contributed by atoms with Crippen LogP contribution in [0.5, 0.6) is 0 Å². The summed E-state index contributed by atoms with van der Waals surface area (Å²) >= 11 is 0. The molecule has 0 N–H and O–H groups in total. The molecule has 0 fully saturated rings. The second-order valence-corrected chi connectivity index (χ2v) is 9.61. The van der Waals surface area contributed by atoms with E-state index in [-0.39, 0.29) is 6.29 Å². The van der Waals surface area contributed by atoms with Crippen LogP contribution in [0.3, 0.4) is 0 Å². The van der Waals surface area contributed by atoms with E-state index in [1.54, 1.807) is 0 Å². The maximum atomic E-state index is 6.09. The molecule has 0 atom stereocenters. The van der Waals surface area contributed by atoms with Crippen molar-refractivity contribution in [3.05, 3.63) is 69.9 Å². The first-order valence-electron chi connectivity index (χ1n) is 12.2. The number of hydrogen-bond donors (Lipinski definition) is 0. The van der Waals surface area contributed by atoms with Crippen LogP contribution in [0.1, 0.15) is 101 Å². The maximum Gasteiger partial charge on any atom is 0.177 e. The molecule has 0 rings (SSSR count). The lowest BCUT2D eigenvalue weighted by atomic mass is 10.1. The zero-order chi connectivity index (χ0) is 24.4. The highest BCUT2D eigenvalue weighted by atomic mass is 16.7. The molecule has 0 aliphatic carbocycles. The molecule has 0 aliphatic rings. The molecule has 0 spiro atoms. The first-order chi connectivity index (χ1) is 15.1. The minimum absolute atomic E-state index is 0.314. The van der Waals surface area contributed by atoms with Crippen LogP contribution in [0.25, 0.3) is 0 Å². The largest absolute Gasteiger partial charge is 0.345 e. The van der Waals surface area contributed by atoms with E-state index in [1.807, 2.05) is 0 Å². The van der Waals surface area contributed by atoms with E-state index in [1.165, 1.54) is 33.4 Å². The molecule has 0 amide bonds. The van der Waals surface area contributed by atoms with Gasteiger partial charge in [0.2, 0.25) is 0 Å². The van der Waals surface area contributed by atoms with Crippen molar-refractivity contribution in [3.8, 4) is 0 Å². The average molecular weight is 443 g/mol. The Morgan fingerprint density at radius 1 is 0.500 bits per heavy atom. The van der Waals surface area contributed by atoms with Crippen molar-refractivity contribution in [3.63, 3.8) is 0 Å². The SMILES string of the molecule is CC(C)=CCC/C(C)=C\COC(/C=C(/C)CCC=C(C)C)OC/C=C(/C)CCC=C(C)C. The Balaban J connectivity index is 4.86. The van der Waals surface area contributed by atoms with Crippen LogP contribution in [0, 0.1) is 0 Å². The van der Waals surface area contributed by atoms with Gasteiger partial charge < -0.3 is 9.47 Å². The molecule has 0 radical (unpaired) electrons. The Morgan fingerprint density at radius 3 is 1.19 bits per heavy atom. The lowest BCUT2D eigenvalue weighted by Crippen LogP contribution is -2.16. The van der Waals surface area contributed by atoms with Gasteiger partial charge in [0, 0.05) is 0 Å². The molecule has 32 heavy (non-hydrogen) atoms. The summed E-state index contributed by atoms with van der Waals surface area (Å²) in [5.74, 6) is 0. The Labute approximate surface area is 199 Å². The standard InChI is InChI=1S/C30H50O2/c1-24(2)13-10-16-27(7)19-21-31-30(23-29(9)18-12-15-26(5)6)32-22-20-28(8)17-11-14-25(3)4/h13-15,19-20,23,30H,10-12,16-18,21-22H2,1-9H3/b27-19-,28-20-,29-23-. The summed E-state index contributed by atoms with van der Waals surface area (Å²) < 4.78 is 12.2. The molecule has 0 aromatic heterocycles. The second kappa shape index (κ2) is 18.9. The van der Waals surface area contributed by atoms with Gasteiger partial charge in [-0.25, -0.2) is 0 Å². The van der Waals surface area contributed by atoms with Crippen molar-refractivity contribution in [2.75, 3.05) is 13.2 Å². The molecule has 182 valence electrons. The van der Waals surface area contributed by atoms with Gasteiger partial charge in [0.1, 0.15) is 0 Å². The zero-order valence-corrected chi connectivity index (χ0v) is 22.5. The number of hydrogen-bond acceptors (Lipinski definition) is 2. The zero-order valence-electron chi connectivity index (χ0n) is 22.5. The predicted octanol–water partition coefficient (Wildman–Crippen LogP) is 9.42. The van der Waals surface area contributed by atoms with E-state index >= 15 is 0 Å². The van der Waals surface area contributed by atoms with E-state index in [9.17, 15) is 0 Å². The van der Waals surface area contributed by atoms with Crippen molar-refractivity contribution in [2.24, 2.45) is 0 Å². The number of allylic oxidation sites excluding steroid dienone is 9. The van der Waals surface area contributed by atoms with Crippen LogP contribution in [0.15, 0.2) is 69.9 Å². The van der Waals surface area contributed by atoms with Crippen LogP contribution >= 0.6 is 0 Å². The third-order valence-electron chi connectivity index (χ3n) is 5.08. The average Bonchev–Trinajstić information content (AvgIpc) is 2.66. The first-order valence-corrected chi connectivity index (χ1v) is 12.2. The number of rotatable bonds is 16. The molecule has 0 aromatic carbocycles. The molecule has 2 heteroatoms. The van der Waals surface area contributed by atoms with Crippen molar-refractivity contribution in [1.29, 1.82) is 0 Å². The predicted molar refractivity (Wildman–Crippen MR) is 143 cm³/mol. The molecule has 0 saturated heterocycles. The normalized spacial score (nSPS) is 13.6. The highest BCUT2D eigenvalue weighted by Gasteiger charge is 2.06. The van der Waals surface area contributed by atoms with Crippen molar-refractivity contribution < 1.29 is 9.47 Å². The van der Waals surface area contributed by atoms with Gasteiger partial charge in [-0.05, 0) is 107 Å². The topological polar surface area (TPSA) is 18.5 Å². The minimum Gasteiger partial charge on any atom is -0.345 e. The fourth-order valence-electron chi connectivity index (χ4n) is 3.00. The van der Waals surface area contributed by atoms with E-state index in [2.05, 4.69) is 98.8 Å². The van der Waals surface area contributed by atoms with Crippen LogP contribution in [-0.2, 0) is 9.47 Å². The molecule has 2 nitrogen and oxygen atoms in total. The summed E-state index contributed by atoms with van der Waals surface area (Å²) in [6.45, 7) is 20.6. The molecule has 0 unspecified atom stereocenters. The molecule has 0 saturated carbocycles.